The highest BCUT2D eigenvalue weighted by Gasteiger charge is 2.21. The summed E-state index contributed by atoms with van der Waals surface area (Å²) in [4.78, 5) is 16.6. The van der Waals surface area contributed by atoms with Crippen LogP contribution in [-0.2, 0) is 10.2 Å². The Balaban J connectivity index is 1.54. The van der Waals surface area contributed by atoms with Gasteiger partial charge in [-0.2, -0.15) is 0 Å². The van der Waals surface area contributed by atoms with E-state index in [2.05, 4.69) is 25.7 Å². The van der Waals surface area contributed by atoms with Gasteiger partial charge >= 0.3 is 0 Å². The number of thioether (sulfide) groups is 1. The molecule has 0 atom stereocenters. The SMILES string of the molecule is CC(C)(C)c1cc(NC(=O)CSc2nnc(-c3ccncc3)n2-c2ccc(Cl)cc2)on1. The molecular formula is C22H21ClN6O2S. The molecule has 0 saturated carbocycles. The van der Waals surface area contributed by atoms with E-state index in [-0.39, 0.29) is 17.1 Å². The minimum Gasteiger partial charge on any atom is -0.338 e. The topological polar surface area (TPSA) is 98.7 Å². The number of nitrogens with one attached hydrogen (secondary N) is 1. The molecule has 0 bridgehead atoms. The molecule has 4 aromatic rings. The van der Waals surface area contributed by atoms with E-state index in [0.29, 0.717) is 21.9 Å². The molecule has 0 aliphatic heterocycles. The number of anilines is 1. The monoisotopic (exact) mass is 468 g/mol. The lowest BCUT2D eigenvalue weighted by atomic mass is 9.92. The number of benzene rings is 1. The van der Waals surface area contributed by atoms with E-state index in [9.17, 15) is 4.79 Å². The molecule has 0 fully saturated rings. The summed E-state index contributed by atoms with van der Waals surface area (Å²) in [6.45, 7) is 6.07. The van der Waals surface area contributed by atoms with E-state index < -0.39 is 0 Å². The minimum atomic E-state index is -0.234. The lowest BCUT2D eigenvalue weighted by Gasteiger charge is -2.12. The van der Waals surface area contributed by atoms with Gasteiger partial charge < -0.3 is 4.52 Å². The van der Waals surface area contributed by atoms with Crippen LogP contribution in [0.1, 0.15) is 26.5 Å². The van der Waals surface area contributed by atoms with Gasteiger partial charge in [-0.1, -0.05) is 49.3 Å². The number of aromatic nitrogens is 5. The van der Waals surface area contributed by atoms with Crippen LogP contribution in [0.2, 0.25) is 5.02 Å². The van der Waals surface area contributed by atoms with Crippen molar-refractivity contribution in [3.05, 3.63) is 65.6 Å². The van der Waals surface area contributed by atoms with E-state index in [0.717, 1.165) is 16.9 Å². The van der Waals surface area contributed by atoms with Gasteiger partial charge in [0.2, 0.25) is 11.8 Å². The van der Waals surface area contributed by atoms with Crippen LogP contribution in [0.25, 0.3) is 17.1 Å². The first-order chi connectivity index (χ1) is 15.3. The van der Waals surface area contributed by atoms with Gasteiger partial charge in [-0.25, -0.2) is 0 Å². The maximum Gasteiger partial charge on any atom is 0.237 e. The quantitative estimate of drug-likeness (QED) is 0.397. The summed E-state index contributed by atoms with van der Waals surface area (Å²) in [5.74, 6) is 0.843. The zero-order valence-electron chi connectivity index (χ0n) is 17.7. The van der Waals surface area contributed by atoms with E-state index in [1.165, 1.54) is 11.8 Å². The fraction of sp³-hybridized carbons (Fsp3) is 0.227. The lowest BCUT2D eigenvalue weighted by molar-refractivity contribution is -0.113. The molecule has 8 nitrogen and oxygen atoms in total. The Hall–Kier alpha value is -3.17. The second-order valence-electron chi connectivity index (χ2n) is 8.02. The molecule has 10 heteroatoms. The van der Waals surface area contributed by atoms with Gasteiger partial charge in [0.05, 0.1) is 11.4 Å². The van der Waals surface area contributed by atoms with Crippen LogP contribution in [-0.4, -0.2) is 36.6 Å². The Morgan fingerprint density at radius 1 is 1.12 bits per heavy atom. The number of rotatable bonds is 6. The largest absolute Gasteiger partial charge is 0.338 e. The molecule has 0 spiro atoms. The number of hydrogen-bond acceptors (Lipinski definition) is 7. The Morgan fingerprint density at radius 3 is 2.50 bits per heavy atom. The van der Waals surface area contributed by atoms with Gasteiger partial charge in [-0.15, -0.1) is 10.2 Å². The van der Waals surface area contributed by atoms with Gasteiger partial charge in [-0.05, 0) is 36.4 Å². The zero-order chi connectivity index (χ0) is 22.7. The van der Waals surface area contributed by atoms with Crippen molar-refractivity contribution in [1.29, 1.82) is 0 Å². The Kier molecular flexibility index (Phi) is 6.29. The highest BCUT2D eigenvalue weighted by atomic mass is 35.5. The summed E-state index contributed by atoms with van der Waals surface area (Å²) in [5, 5.41) is 16.6. The van der Waals surface area contributed by atoms with E-state index in [1.807, 2.05) is 49.6 Å². The molecular weight excluding hydrogens is 448 g/mol. The first kappa shape index (κ1) is 22.0. The summed E-state index contributed by atoms with van der Waals surface area (Å²) in [7, 11) is 0. The van der Waals surface area contributed by atoms with Crippen LogP contribution in [0, 0.1) is 0 Å². The molecule has 1 amide bonds. The molecule has 1 aromatic carbocycles. The number of amides is 1. The first-order valence-corrected chi connectivity index (χ1v) is 11.2. The van der Waals surface area contributed by atoms with Gasteiger partial charge in [0.25, 0.3) is 0 Å². The van der Waals surface area contributed by atoms with Crippen molar-refractivity contribution in [3.63, 3.8) is 0 Å². The Labute approximate surface area is 194 Å². The molecule has 0 saturated heterocycles. The molecule has 0 unspecified atom stereocenters. The fourth-order valence-corrected chi connectivity index (χ4v) is 3.74. The molecule has 3 heterocycles. The van der Waals surface area contributed by atoms with Gasteiger partial charge in [0.1, 0.15) is 0 Å². The summed E-state index contributed by atoms with van der Waals surface area (Å²) in [5.41, 5.74) is 2.29. The minimum absolute atomic E-state index is 0.119. The summed E-state index contributed by atoms with van der Waals surface area (Å²) in [6, 6.07) is 12.8. The number of halogens is 1. The number of nitrogens with zero attached hydrogens (tertiary/aromatic N) is 5. The highest BCUT2D eigenvalue weighted by molar-refractivity contribution is 7.99. The second kappa shape index (κ2) is 9.13. The molecule has 4 rings (SSSR count). The summed E-state index contributed by atoms with van der Waals surface area (Å²) < 4.78 is 7.12. The van der Waals surface area contributed by atoms with Crippen molar-refractivity contribution in [2.75, 3.05) is 11.1 Å². The summed E-state index contributed by atoms with van der Waals surface area (Å²) >= 11 is 7.33. The Morgan fingerprint density at radius 2 is 1.84 bits per heavy atom. The van der Waals surface area contributed by atoms with E-state index in [4.69, 9.17) is 16.1 Å². The van der Waals surface area contributed by atoms with Crippen LogP contribution in [0.3, 0.4) is 0 Å². The molecule has 32 heavy (non-hydrogen) atoms. The number of carbonyl (C=O) groups excluding carboxylic acids is 1. The van der Waals surface area contributed by atoms with Crippen LogP contribution >= 0.6 is 23.4 Å². The normalized spacial score (nSPS) is 11.5. The van der Waals surface area contributed by atoms with Crippen LogP contribution in [0.5, 0.6) is 0 Å². The van der Waals surface area contributed by atoms with E-state index in [1.54, 1.807) is 30.6 Å². The third kappa shape index (κ3) is 5.00. The van der Waals surface area contributed by atoms with Gasteiger partial charge in [0, 0.05) is 40.1 Å². The molecule has 3 aromatic heterocycles. The smallest absolute Gasteiger partial charge is 0.237 e. The molecule has 1 N–H and O–H groups in total. The predicted molar refractivity (Wildman–Crippen MR) is 124 cm³/mol. The maximum atomic E-state index is 12.5. The first-order valence-electron chi connectivity index (χ1n) is 9.83. The number of carbonyl (C=O) groups is 1. The predicted octanol–water partition coefficient (Wildman–Crippen LogP) is 5.00. The molecule has 164 valence electrons. The highest BCUT2D eigenvalue weighted by Crippen LogP contribution is 2.29. The van der Waals surface area contributed by atoms with E-state index >= 15 is 0 Å². The van der Waals surface area contributed by atoms with Crippen molar-refractivity contribution in [3.8, 4) is 17.1 Å². The third-order valence-electron chi connectivity index (χ3n) is 4.53. The molecule has 0 aliphatic carbocycles. The van der Waals surface area contributed by atoms with Crippen molar-refractivity contribution < 1.29 is 9.32 Å². The van der Waals surface area contributed by atoms with Crippen molar-refractivity contribution in [2.45, 2.75) is 31.3 Å². The number of pyridine rings is 1. The average molecular weight is 469 g/mol. The van der Waals surface area contributed by atoms with Gasteiger partial charge in [-0.3, -0.25) is 19.7 Å². The lowest BCUT2D eigenvalue weighted by Crippen LogP contribution is -2.14. The standard InChI is InChI=1S/C22H21ClN6O2S/c1-22(2,3)17-12-19(31-28-17)25-18(30)13-32-21-27-26-20(14-8-10-24-11-9-14)29(21)16-6-4-15(23)5-7-16/h4-12H,13H2,1-3H3,(H,25,30). The third-order valence-corrected chi connectivity index (χ3v) is 5.71. The number of hydrogen-bond donors (Lipinski definition) is 1. The average Bonchev–Trinajstić information content (AvgIpc) is 3.41. The van der Waals surface area contributed by atoms with Crippen LogP contribution in [0.15, 0.2) is 64.5 Å². The summed E-state index contributed by atoms with van der Waals surface area (Å²) in [6.07, 6.45) is 3.39. The van der Waals surface area contributed by atoms with Crippen molar-refractivity contribution in [1.82, 2.24) is 24.9 Å². The molecule has 0 radical (unpaired) electrons. The Bertz CT molecular complexity index is 1220. The fourth-order valence-electron chi connectivity index (χ4n) is 2.87. The second-order valence-corrected chi connectivity index (χ2v) is 9.40. The van der Waals surface area contributed by atoms with Crippen molar-refractivity contribution in [2.24, 2.45) is 0 Å². The zero-order valence-corrected chi connectivity index (χ0v) is 19.3. The van der Waals surface area contributed by atoms with Crippen molar-refractivity contribution >= 4 is 35.2 Å². The van der Waals surface area contributed by atoms with Gasteiger partial charge in [0.15, 0.2) is 11.0 Å². The van der Waals surface area contributed by atoms with Crippen LogP contribution in [0.4, 0.5) is 5.88 Å². The van der Waals surface area contributed by atoms with Crippen LogP contribution < -0.4 is 5.32 Å². The molecule has 0 aliphatic rings. The maximum absolute atomic E-state index is 12.5.